The zero-order chi connectivity index (χ0) is 14.0. The Balaban J connectivity index is 4.38. The van der Waals surface area contributed by atoms with Crippen LogP contribution in [0.3, 0.4) is 0 Å². The van der Waals surface area contributed by atoms with Gasteiger partial charge in [0.15, 0.2) is 0 Å². The van der Waals surface area contributed by atoms with Crippen LogP contribution >= 0.6 is 0 Å². The molecule has 18 heavy (non-hydrogen) atoms. The Morgan fingerprint density at radius 3 is 2.33 bits per heavy atom. The number of carbonyl (C=O) groups is 1. The second kappa shape index (κ2) is 9.46. The van der Waals surface area contributed by atoms with Crippen LogP contribution in [0.25, 0.3) is 0 Å². The summed E-state index contributed by atoms with van der Waals surface area (Å²) < 4.78 is 4.69. The molecule has 0 N–H and O–H groups in total. The Kier molecular flexibility index (Phi) is 8.63. The molecule has 2 nitrogen and oxygen atoms in total. The maximum Gasteiger partial charge on any atom is 0.337 e. The predicted molar refractivity (Wildman–Crippen MR) is 77.3 cm³/mol. The first-order valence-corrected chi connectivity index (χ1v) is 6.24. The monoisotopic (exact) mass is 248 g/mol. The van der Waals surface area contributed by atoms with E-state index in [9.17, 15) is 4.79 Å². The normalized spacial score (nSPS) is 12.7. The van der Waals surface area contributed by atoms with Gasteiger partial charge in [0, 0.05) is 0 Å². The first kappa shape index (κ1) is 16.4. The fraction of sp³-hybridized carbons (Fsp3) is 0.438. The van der Waals surface area contributed by atoms with Crippen molar-refractivity contribution in [2.24, 2.45) is 0 Å². The molecule has 0 heterocycles. The molecule has 0 rings (SSSR count). The van der Waals surface area contributed by atoms with E-state index < -0.39 is 0 Å². The highest BCUT2D eigenvalue weighted by molar-refractivity contribution is 5.91. The van der Waals surface area contributed by atoms with Gasteiger partial charge in [0.2, 0.25) is 0 Å². The molecule has 2 heteroatoms. The molecule has 0 saturated carbocycles. The number of ether oxygens (including phenoxy) is 1. The molecule has 0 atom stereocenters. The average Bonchev–Trinajstić information content (AvgIpc) is 2.34. The molecular formula is C16H24O2. The predicted octanol–water partition coefficient (Wildman–Crippen LogP) is 4.35. The molecule has 0 aliphatic rings. The molecule has 0 aliphatic heterocycles. The van der Waals surface area contributed by atoms with Gasteiger partial charge < -0.3 is 4.74 Å². The molecule has 0 bridgehead atoms. The first-order chi connectivity index (χ1) is 8.51. The van der Waals surface area contributed by atoms with Gasteiger partial charge in [0.1, 0.15) is 0 Å². The molecule has 0 aromatic rings. The van der Waals surface area contributed by atoms with E-state index in [-0.39, 0.29) is 5.97 Å². The smallest absolute Gasteiger partial charge is 0.337 e. The van der Waals surface area contributed by atoms with Crippen LogP contribution in [0.5, 0.6) is 0 Å². The van der Waals surface area contributed by atoms with Crippen LogP contribution in [0, 0.1) is 0 Å². The molecule has 100 valence electrons. The van der Waals surface area contributed by atoms with Crippen molar-refractivity contribution in [2.45, 2.75) is 40.5 Å². The van der Waals surface area contributed by atoms with E-state index in [1.165, 1.54) is 12.7 Å². The van der Waals surface area contributed by atoms with Crippen molar-refractivity contribution in [3.63, 3.8) is 0 Å². The Morgan fingerprint density at radius 2 is 1.83 bits per heavy atom. The third kappa shape index (κ3) is 7.66. The second-order valence-corrected chi connectivity index (χ2v) is 4.39. The van der Waals surface area contributed by atoms with Crippen molar-refractivity contribution >= 4 is 5.97 Å². The van der Waals surface area contributed by atoms with E-state index in [1.54, 1.807) is 6.08 Å². The van der Waals surface area contributed by atoms with Gasteiger partial charge in [-0.05, 0) is 46.6 Å². The van der Waals surface area contributed by atoms with Gasteiger partial charge in [-0.25, -0.2) is 4.79 Å². The van der Waals surface area contributed by atoms with Crippen LogP contribution in [0.1, 0.15) is 40.5 Å². The summed E-state index contributed by atoms with van der Waals surface area (Å²) in [6, 6.07) is 0. The molecule has 0 aromatic heterocycles. The number of rotatable bonds is 6. The minimum atomic E-state index is -0.296. The summed E-state index contributed by atoms with van der Waals surface area (Å²) in [5.74, 6) is -0.296. The van der Waals surface area contributed by atoms with Crippen molar-refractivity contribution in [1.29, 1.82) is 0 Å². The van der Waals surface area contributed by atoms with Crippen molar-refractivity contribution in [3.8, 4) is 0 Å². The third-order valence-corrected chi connectivity index (χ3v) is 2.38. The molecule has 0 radical (unpaired) electrons. The Hall–Kier alpha value is -1.57. The first-order valence-electron chi connectivity index (χ1n) is 6.24. The summed E-state index contributed by atoms with van der Waals surface area (Å²) >= 11 is 0. The molecule has 0 saturated heterocycles. The van der Waals surface area contributed by atoms with Crippen molar-refractivity contribution in [2.75, 3.05) is 7.11 Å². The van der Waals surface area contributed by atoms with E-state index in [4.69, 9.17) is 0 Å². The maximum absolute atomic E-state index is 11.4. The zero-order valence-electron chi connectivity index (χ0n) is 12.1. The SMILES string of the molecule is C\C=C(/C=C(C)/C=C/CCC=C(C)C)C(=O)OC. The van der Waals surface area contributed by atoms with Crippen molar-refractivity contribution in [3.05, 3.63) is 47.1 Å². The fourth-order valence-corrected chi connectivity index (χ4v) is 1.41. The summed E-state index contributed by atoms with van der Waals surface area (Å²) in [5.41, 5.74) is 2.98. The van der Waals surface area contributed by atoms with Gasteiger partial charge in [-0.1, -0.05) is 35.5 Å². The Morgan fingerprint density at radius 1 is 1.17 bits per heavy atom. The Labute approximate surface area is 111 Å². The summed E-state index contributed by atoms with van der Waals surface area (Å²) in [6.45, 7) is 8.01. The summed E-state index contributed by atoms with van der Waals surface area (Å²) in [7, 11) is 1.39. The van der Waals surface area contributed by atoms with Gasteiger partial charge in [0.05, 0.1) is 12.7 Å². The van der Waals surface area contributed by atoms with Crippen LogP contribution in [-0.4, -0.2) is 13.1 Å². The van der Waals surface area contributed by atoms with E-state index in [1.807, 2.05) is 26.0 Å². The summed E-state index contributed by atoms with van der Waals surface area (Å²) in [6.07, 6.45) is 12.0. The molecule has 0 spiro atoms. The number of methoxy groups -OCH3 is 1. The number of allylic oxidation sites excluding steroid dienone is 6. The van der Waals surface area contributed by atoms with Gasteiger partial charge in [-0.2, -0.15) is 0 Å². The molecule has 0 aromatic carbocycles. The fourth-order valence-electron chi connectivity index (χ4n) is 1.41. The topological polar surface area (TPSA) is 26.3 Å². The maximum atomic E-state index is 11.4. The third-order valence-electron chi connectivity index (χ3n) is 2.38. The lowest BCUT2D eigenvalue weighted by atomic mass is 10.1. The van der Waals surface area contributed by atoms with Crippen molar-refractivity contribution in [1.82, 2.24) is 0 Å². The van der Waals surface area contributed by atoms with Crippen LogP contribution in [0.2, 0.25) is 0 Å². The summed E-state index contributed by atoms with van der Waals surface area (Å²) in [5, 5.41) is 0. The number of unbranched alkanes of at least 4 members (excludes halogenated alkanes) is 1. The molecule has 0 aliphatic carbocycles. The quantitative estimate of drug-likeness (QED) is 0.229. The molecule has 0 fully saturated rings. The van der Waals surface area contributed by atoms with E-state index >= 15 is 0 Å². The van der Waals surface area contributed by atoms with Gasteiger partial charge in [-0.15, -0.1) is 0 Å². The lowest BCUT2D eigenvalue weighted by molar-refractivity contribution is -0.135. The largest absolute Gasteiger partial charge is 0.465 e. The van der Waals surface area contributed by atoms with Gasteiger partial charge in [-0.3, -0.25) is 0 Å². The van der Waals surface area contributed by atoms with Crippen LogP contribution in [0.4, 0.5) is 0 Å². The highest BCUT2D eigenvalue weighted by Gasteiger charge is 2.04. The van der Waals surface area contributed by atoms with E-state index in [0.717, 1.165) is 18.4 Å². The second-order valence-electron chi connectivity index (χ2n) is 4.39. The van der Waals surface area contributed by atoms with Crippen molar-refractivity contribution < 1.29 is 9.53 Å². The van der Waals surface area contributed by atoms with Crippen LogP contribution < -0.4 is 0 Å². The standard InChI is InChI=1S/C16H24O2/c1-6-15(16(17)18-5)12-14(4)11-9-7-8-10-13(2)3/h6,9-12H,7-8H2,1-5H3/b11-9+,14-12+,15-6+. The number of esters is 1. The highest BCUT2D eigenvalue weighted by atomic mass is 16.5. The van der Waals surface area contributed by atoms with Gasteiger partial charge in [0.25, 0.3) is 0 Å². The lowest BCUT2D eigenvalue weighted by Crippen LogP contribution is -2.02. The minimum Gasteiger partial charge on any atom is -0.465 e. The zero-order valence-corrected chi connectivity index (χ0v) is 12.1. The van der Waals surface area contributed by atoms with Crippen LogP contribution in [-0.2, 0) is 9.53 Å². The number of hydrogen-bond donors (Lipinski definition) is 0. The van der Waals surface area contributed by atoms with E-state index in [0.29, 0.717) is 5.57 Å². The summed E-state index contributed by atoms with van der Waals surface area (Å²) in [4.78, 5) is 11.4. The minimum absolute atomic E-state index is 0.296. The molecular weight excluding hydrogens is 224 g/mol. The van der Waals surface area contributed by atoms with Gasteiger partial charge >= 0.3 is 5.97 Å². The Bertz CT molecular complexity index is 378. The molecule has 0 unspecified atom stereocenters. The lowest BCUT2D eigenvalue weighted by Gasteiger charge is -1.99. The number of hydrogen-bond acceptors (Lipinski definition) is 2. The highest BCUT2D eigenvalue weighted by Crippen LogP contribution is 2.07. The van der Waals surface area contributed by atoms with E-state index in [2.05, 4.69) is 30.7 Å². The van der Waals surface area contributed by atoms with Crippen LogP contribution in [0.15, 0.2) is 47.1 Å². The number of carbonyl (C=O) groups excluding carboxylic acids is 1. The molecule has 0 amide bonds. The average molecular weight is 248 g/mol.